The highest BCUT2D eigenvalue weighted by Gasteiger charge is 2.33. The van der Waals surface area contributed by atoms with Gasteiger partial charge >= 0.3 is 6.09 Å². The molecular weight excluding hydrogens is 412 g/mol. The number of aromatic nitrogens is 1. The Kier molecular flexibility index (Phi) is 6.07. The molecule has 0 unspecified atom stereocenters. The Morgan fingerprint density at radius 1 is 1.06 bits per heavy atom. The van der Waals surface area contributed by atoms with E-state index in [9.17, 15) is 19.8 Å². The molecule has 0 aliphatic heterocycles. The minimum atomic E-state index is -0.739. The van der Waals surface area contributed by atoms with Gasteiger partial charge in [0.2, 0.25) is 11.8 Å². The number of ether oxygens (including phenoxy) is 1. The van der Waals surface area contributed by atoms with Crippen LogP contribution in [0.15, 0.2) is 53.6 Å². The molecule has 0 radical (unpaired) electrons. The standard InChI is InChI=1S/C23H24N4O5/c24-26-20(28)15-10-11-16-17(12-15)22(30)27(21(16)29)19-9-5-4-8-18(19)25-23(31)32-13-14-6-2-1-3-7-14/h1-3,6-7,10-12,18-19,24,29-30H,4-5,8-9,13H2,(H,25,31)/t18-,19-/m1/s1. The zero-order chi connectivity index (χ0) is 22.7. The smallest absolute Gasteiger partial charge is 0.407 e. The van der Waals surface area contributed by atoms with Crippen LogP contribution in [0.5, 0.6) is 11.8 Å². The lowest BCUT2D eigenvalue weighted by molar-refractivity contribution is 0.0991. The number of benzene rings is 2. The molecule has 1 aliphatic carbocycles. The van der Waals surface area contributed by atoms with Crippen LogP contribution in [0.1, 0.15) is 47.6 Å². The molecule has 3 aromatic rings. The average Bonchev–Trinajstić information content (AvgIpc) is 3.07. The van der Waals surface area contributed by atoms with E-state index >= 15 is 0 Å². The summed E-state index contributed by atoms with van der Waals surface area (Å²) < 4.78 is 6.74. The van der Waals surface area contributed by atoms with Crippen molar-refractivity contribution < 1.29 is 24.5 Å². The molecule has 4 rings (SSSR count). The minimum Gasteiger partial charge on any atom is -0.494 e. The van der Waals surface area contributed by atoms with E-state index in [2.05, 4.69) is 10.4 Å². The Hall–Kier alpha value is -3.88. The van der Waals surface area contributed by atoms with Crippen molar-refractivity contribution in [2.75, 3.05) is 0 Å². The number of hydrogen-bond acceptors (Lipinski definition) is 6. The van der Waals surface area contributed by atoms with Gasteiger partial charge in [0.15, 0.2) is 0 Å². The zero-order valence-electron chi connectivity index (χ0n) is 17.3. The Labute approximate surface area is 184 Å². The molecule has 2 atom stereocenters. The summed E-state index contributed by atoms with van der Waals surface area (Å²) in [6, 6.07) is 13.0. The number of carbonyl (C=O) groups excluding carboxylic acids is 2. The Morgan fingerprint density at radius 3 is 2.53 bits per heavy atom. The van der Waals surface area contributed by atoms with Gasteiger partial charge in [0, 0.05) is 16.3 Å². The van der Waals surface area contributed by atoms with Crippen LogP contribution in [0.25, 0.3) is 10.8 Å². The zero-order valence-corrected chi connectivity index (χ0v) is 17.3. The molecule has 166 valence electrons. The average molecular weight is 436 g/mol. The number of fused-ring (bicyclic) bond motifs is 1. The molecule has 0 spiro atoms. The van der Waals surface area contributed by atoms with Crippen LogP contribution in [-0.2, 0) is 11.3 Å². The van der Waals surface area contributed by atoms with Crippen LogP contribution in [0.2, 0.25) is 0 Å². The van der Waals surface area contributed by atoms with Crippen molar-refractivity contribution in [3.8, 4) is 11.8 Å². The highest BCUT2D eigenvalue weighted by atomic mass is 16.5. The monoisotopic (exact) mass is 436 g/mol. The lowest BCUT2D eigenvalue weighted by Crippen LogP contribution is -2.43. The van der Waals surface area contributed by atoms with E-state index in [-0.39, 0.29) is 41.4 Å². The van der Waals surface area contributed by atoms with Crippen molar-refractivity contribution in [3.05, 3.63) is 59.7 Å². The SMILES string of the molecule is N=NC(=O)c1ccc2c(O)n([C@@H]3CCCC[C@H]3NC(=O)OCc3ccccc3)c(O)c2c1. The fraction of sp³-hybridized carbons (Fsp3) is 0.304. The van der Waals surface area contributed by atoms with E-state index in [0.717, 1.165) is 18.4 Å². The van der Waals surface area contributed by atoms with Gasteiger partial charge in [-0.3, -0.25) is 9.36 Å². The summed E-state index contributed by atoms with van der Waals surface area (Å²) in [5, 5.41) is 28.1. The summed E-state index contributed by atoms with van der Waals surface area (Å²) in [5.74, 6) is -1.08. The molecule has 1 aliphatic rings. The van der Waals surface area contributed by atoms with E-state index in [1.54, 1.807) is 0 Å². The first-order chi connectivity index (χ1) is 15.5. The number of rotatable bonds is 5. The highest BCUT2D eigenvalue weighted by molar-refractivity contribution is 6.01. The number of hydrogen-bond donors (Lipinski definition) is 4. The first kappa shape index (κ1) is 21.4. The van der Waals surface area contributed by atoms with Crippen molar-refractivity contribution in [1.29, 1.82) is 5.53 Å². The molecule has 2 aromatic carbocycles. The van der Waals surface area contributed by atoms with Gasteiger partial charge in [-0.1, -0.05) is 43.2 Å². The largest absolute Gasteiger partial charge is 0.494 e. The normalized spacial score (nSPS) is 18.2. The summed E-state index contributed by atoms with van der Waals surface area (Å²) in [6.07, 6.45) is 2.51. The van der Waals surface area contributed by atoms with Gasteiger partial charge in [0.05, 0.1) is 12.1 Å². The lowest BCUT2D eigenvalue weighted by Gasteiger charge is -2.33. The summed E-state index contributed by atoms with van der Waals surface area (Å²) in [7, 11) is 0. The molecule has 4 N–H and O–H groups in total. The second kappa shape index (κ2) is 9.09. The van der Waals surface area contributed by atoms with Gasteiger partial charge in [0.1, 0.15) is 6.61 Å². The molecule has 1 heterocycles. The lowest BCUT2D eigenvalue weighted by atomic mass is 9.90. The summed E-state index contributed by atoms with van der Waals surface area (Å²) in [4.78, 5) is 24.2. The van der Waals surface area contributed by atoms with Crippen LogP contribution >= 0.6 is 0 Å². The van der Waals surface area contributed by atoms with E-state index in [1.165, 1.54) is 22.8 Å². The first-order valence-corrected chi connectivity index (χ1v) is 10.4. The second-order valence-electron chi connectivity index (χ2n) is 7.86. The molecule has 0 bridgehead atoms. The molecule has 2 amide bonds. The third-order valence-electron chi connectivity index (χ3n) is 5.88. The number of amides is 2. The number of aromatic hydroxyl groups is 2. The number of nitrogens with one attached hydrogen (secondary N) is 2. The topological polar surface area (TPSA) is 137 Å². The third-order valence-corrected chi connectivity index (χ3v) is 5.88. The van der Waals surface area contributed by atoms with Crippen molar-refractivity contribution in [2.24, 2.45) is 5.11 Å². The van der Waals surface area contributed by atoms with E-state index < -0.39 is 12.0 Å². The Morgan fingerprint density at radius 2 is 1.78 bits per heavy atom. The number of alkyl carbamates (subject to hydrolysis) is 1. The van der Waals surface area contributed by atoms with Gasteiger partial charge in [0.25, 0.3) is 5.91 Å². The van der Waals surface area contributed by atoms with Crippen LogP contribution in [0.3, 0.4) is 0 Å². The summed E-state index contributed by atoms with van der Waals surface area (Å²) >= 11 is 0. The van der Waals surface area contributed by atoms with E-state index in [1.807, 2.05) is 30.3 Å². The van der Waals surface area contributed by atoms with Crippen LogP contribution in [0, 0.1) is 5.53 Å². The van der Waals surface area contributed by atoms with Crippen LogP contribution in [-0.4, -0.2) is 32.8 Å². The van der Waals surface area contributed by atoms with Gasteiger partial charge in [-0.15, -0.1) is 5.11 Å². The maximum absolute atomic E-state index is 12.4. The van der Waals surface area contributed by atoms with Gasteiger partial charge in [-0.05, 0) is 36.6 Å². The predicted molar refractivity (Wildman–Crippen MR) is 116 cm³/mol. The molecule has 1 aromatic heterocycles. The predicted octanol–water partition coefficient (Wildman–Crippen LogP) is 4.63. The van der Waals surface area contributed by atoms with Crippen molar-refractivity contribution in [2.45, 2.75) is 44.4 Å². The molecule has 9 heteroatoms. The number of carbonyl (C=O) groups is 2. The van der Waals surface area contributed by atoms with Crippen molar-refractivity contribution in [3.63, 3.8) is 0 Å². The van der Waals surface area contributed by atoms with Gasteiger partial charge < -0.3 is 20.3 Å². The van der Waals surface area contributed by atoms with Crippen molar-refractivity contribution in [1.82, 2.24) is 9.88 Å². The van der Waals surface area contributed by atoms with Crippen LogP contribution < -0.4 is 5.32 Å². The molecule has 1 saturated carbocycles. The maximum atomic E-state index is 12.4. The molecule has 9 nitrogen and oxygen atoms in total. The third kappa shape index (κ3) is 4.14. The summed E-state index contributed by atoms with van der Waals surface area (Å²) in [6.45, 7) is 0.145. The summed E-state index contributed by atoms with van der Waals surface area (Å²) in [5.41, 5.74) is 7.92. The van der Waals surface area contributed by atoms with Gasteiger partial charge in [-0.2, -0.15) is 0 Å². The number of nitrogens with zero attached hydrogens (tertiary/aromatic N) is 2. The van der Waals surface area contributed by atoms with Crippen LogP contribution in [0.4, 0.5) is 4.79 Å². The maximum Gasteiger partial charge on any atom is 0.407 e. The molecular formula is C23H24N4O5. The first-order valence-electron chi connectivity index (χ1n) is 10.4. The Bertz CT molecular complexity index is 1160. The molecule has 32 heavy (non-hydrogen) atoms. The highest BCUT2D eigenvalue weighted by Crippen LogP contribution is 2.43. The molecule has 0 saturated heterocycles. The van der Waals surface area contributed by atoms with Crippen molar-refractivity contribution >= 4 is 22.8 Å². The quantitative estimate of drug-likeness (QED) is 0.432. The van der Waals surface area contributed by atoms with E-state index in [4.69, 9.17) is 10.3 Å². The minimum absolute atomic E-state index is 0.141. The van der Waals surface area contributed by atoms with E-state index in [0.29, 0.717) is 18.2 Å². The fourth-order valence-corrected chi connectivity index (χ4v) is 4.30. The second-order valence-corrected chi connectivity index (χ2v) is 7.86. The Balaban J connectivity index is 1.57. The molecule has 1 fully saturated rings. The van der Waals surface area contributed by atoms with Gasteiger partial charge in [-0.25, -0.2) is 10.3 Å². The fourth-order valence-electron chi connectivity index (χ4n) is 4.30.